The minimum atomic E-state index is -0.462. The molecule has 5 heteroatoms. The highest BCUT2D eigenvalue weighted by molar-refractivity contribution is 7.10. The Labute approximate surface area is 198 Å². The van der Waals surface area contributed by atoms with E-state index >= 15 is 0 Å². The number of allylic oxidation sites excluding steroid dienone is 2. The third-order valence-corrected chi connectivity index (χ3v) is 7.30. The Balaban J connectivity index is 1.84. The van der Waals surface area contributed by atoms with Crippen molar-refractivity contribution in [3.05, 3.63) is 105 Å². The zero-order chi connectivity index (χ0) is 23.2. The molecule has 1 aromatic heterocycles. The first-order valence-corrected chi connectivity index (χ1v) is 12.0. The van der Waals surface area contributed by atoms with E-state index in [0.29, 0.717) is 29.6 Å². The molecule has 2 heterocycles. The summed E-state index contributed by atoms with van der Waals surface area (Å²) < 4.78 is 0. The lowest BCUT2D eigenvalue weighted by atomic mass is 9.68. The number of nitrogens with one attached hydrogen (secondary N) is 1. The number of thiophene rings is 1. The number of carbonyl (C=O) groups excluding carboxylic acids is 1. The summed E-state index contributed by atoms with van der Waals surface area (Å²) in [5.74, 6) is -0.114. The van der Waals surface area contributed by atoms with Crippen LogP contribution in [0.5, 0.6) is 0 Å². The molecule has 1 aliphatic heterocycles. The van der Waals surface area contributed by atoms with Gasteiger partial charge in [0.25, 0.3) is 0 Å². The van der Waals surface area contributed by atoms with Crippen molar-refractivity contribution in [2.75, 3.05) is 4.90 Å². The zero-order valence-electron chi connectivity index (χ0n) is 18.7. The van der Waals surface area contributed by atoms with Crippen molar-refractivity contribution in [3.8, 4) is 0 Å². The first-order valence-electron chi connectivity index (χ1n) is 11.1. The molecule has 0 radical (unpaired) electrons. The Kier molecular flexibility index (Phi) is 5.29. The Morgan fingerprint density at radius 1 is 1.00 bits per heavy atom. The predicted octanol–water partition coefficient (Wildman–Crippen LogP) is 6.94. The molecule has 0 amide bonds. The number of hydrogen-bond acceptors (Lipinski definition) is 4. The Morgan fingerprint density at radius 2 is 1.67 bits per heavy atom. The topological polar surface area (TPSA) is 64.4 Å². The van der Waals surface area contributed by atoms with Crippen LogP contribution in [0.1, 0.15) is 43.0 Å². The molecule has 0 bridgehead atoms. The monoisotopic (exact) mass is 454 g/mol. The van der Waals surface area contributed by atoms with Gasteiger partial charge in [-0.25, -0.2) is 0 Å². The van der Waals surface area contributed by atoms with Crippen LogP contribution >= 0.6 is 11.3 Å². The van der Waals surface area contributed by atoms with E-state index in [1.165, 1.54) is 0 Å². The van der Waals surface area contributed by atoms with Crippen molar-refractivity contribution in [3.63, 3.8) is 0 Å². The van der Waals surface area contributed by atoms with Gasteiger partial charge in [0, 0.05) is 33.8 Å². The molecule has 166 valence electrons. The van der Waals surface area contributed by atoms with E-state index in [4.69, 9.17) is 0 Å². The molecule has 0 saturated carbocycles. The van der Waals surface area contributed by atoms with E-state index in [1.54, 1.807) is 11.3 Å². The maximum Gasteiger partial charge on any atom is 0.162 e. The van der Waals surface area contributed by atoms with Gasteiger partial charge in [0.15, 0.2) is 5.78 Å². The predicted molar refractivity (Wildman–Crippen MR) is 135 cm³/mol. The molecule has 33 heavy (non-hydrogen) atoms. The molecule has 3 aromatic rings. The van der Waals surface area contributed by atoms with E-state index in [0.717, 1.165) is 16.3 Å². The number of benzene rings is 2. The molecule has 5 rings (SSSR count). The van der Waals surface area contributed by atoms with E-state index in [-0.39, 0.29) is 22.8 Å². The fourth-order valence-corrected chi connectivity index (χ4v) is 5.81. The SMILES string of the molecule is CC1(C)CC(=O)C2=C(C1)N(c1ccccc1)C(=N)/C(=C(/O)c1ccccc1)C2c1cccs1. The van der Waals surface area contributed by atoms with Crippen LogP contribution < -0.4 is 4.90 Å². The molecule has 0 saturated heterocycles. The largest absolute Gasteiger partial charge is 0.507 e. The minimum Gasteiger partial charge on any atom is -0.507 e. The van der Waals surface area contributed by atoms with Gasteiger partial charge in [-0.15, -0.1) is 11.3 Å². The Morgan fingerprint density at radius 3 is 2.30 bits per heavy atom. The molecule has 4 nitrogen and oxygen atoms in total. The number of aliphatic hydroxyl groups excluding tert-OH is 1. The first kappa shape index (κ1) is 21.4. The van der Waals surface area contributed by atoms with Crippen LogP contribution in [0.25, 0.3) is 5.76 Å². The lowest BCUT2D eigenvalue weighted by Gasteiger charge is -2.45. The van der Waals surface area contributed by atoms with Crippen LogP contribution in [0.2, 0.25) is 0 Å². The molecule has 2 aromatic carbocycles. The second-order valence-corrected chi connectivity index (χ2v) is 10.4. The average molecular weight is 455 g/mol. The van der Waals surface area contributed by atoms with Gasteiger partial charge in [0.05, 0.1) is 11.5 Å². The fourth-order valence-electron chi connectivity index (χ4n) is 4.97. The van der Waals surface area contributed by atoms with Crippen LogP contribution in [0.3, 0.4) is 0 Å². The summed E-state index contributed by atoms with van der Waals surface area (Å²) in [4.78, 5) is 16.5. The molecular formula is C28H26N2O2S. The van der Waals surface area contributed by atoms with Crippen molar-refractivity contribution < 1.29 is 9.90 Å². The van der Waals surface area contributed by atoms with Crippen molar-refractivity contribution in [2.45, 2.75) is 32.6 Å². The quantitative estimate of drug-likeness (QED) is 0.421. The number of aliphatic hydroxyl groups is 1. The van der Waals surface area contributed by atoms with Gasteiger partial charge in [-0.3, -0.25) is 15.1 Å². The van der Waals surface area contributed by atoms with Crippen molar-refractivity contribution in [1.29, 1.82) is 5.41 Å². The maximum absolute atomic E-state index is 13.7. The van der Waals surface area contributed by atoms with E-state index < -0.39 is 5.92 Å². The highest BCUT2D eigenvalue weighted by atomic mass is 32.1. The number of para-hydroxylation sites is 1. The summed E-state index contributed by atoms with van der Waals surface area (Å²) in [6, 6.07) is 23.0. The molecule has 0 spiro atoms. The van der Waals surface area contributed by atoms with Gasteiger partial charge >= 0.3 is 0 Å². The molecule has 1 unspecified atom stereocenters. The highest BCUT2D eigenvalue weighted by Crippen LogP contribution is 2.51. The van der Waals surface area contributed by atoms with Crippen LogP contribution in [0, 0.1) is 10.8 Å². The van der Waals surface area contributed by atoms with Crippen molar-refractivity contribution in [1.82, 2.24) is 0 Å². The highest BCUT2D eigenvalue weighted by Gasteiger charge is 2.47. The van der Waals surface area contributed by atoms with E-state index in [1.807, 2.05) is 83.1 Å². The molecule has 0 fully saturated rings. The lowest BCUT2D eigenvalue weighted by molar-refractivity contribution is -0.118. The van der Waals surface area contributed by atoms with Crippen LogP contribution in [-0.2, 0) is 4.79 Å². The standard InChI is InChI=1S/C28H26N2O2S/c1-28(2)16-20-23(21(31)17-28)24(22-14-9-15-33-22)25(26(32)18-10-5-3-6-11-18)27(29)30(20)19-12-7-4-8-13-19/h3-15,24,29,32H,16-17H2,1-2H3/b26-25+,29-27?. The van der Waals surface area contributed by atoms with Crippen molar-refractivity contribution in [2.24, 2.45) is 5.41 Å². The van der Waals surface area contributed by atoms with Gasteiger partial charge in [-0.1, -0.05) is 68.4 Å². The Hall–Kier alpha value is -3.44. The number of carbonyl (C=O) groups is 1. The van der Waals surface area contributed by atoms with E-state index in [9.17, 15) is 15.3 Å². The van der Waals surface area contributed by atoms with Gasteiger partial charge in [0.2, 0.25) is 0 Å². The molecule has 2 aliphatic rings. The summed E-state index contributed by atoms with van der Waals surface area (Å²) in [7, 11) is 0. The number of amidine groups is 1. The summed E-state index contributed by atoms with van der Waals surface area (Å²) >= 11 is 1.56. The number of nitrogens with zero attached hydrogens (tertiary/aromatic N) is 1. The second kappa shape index (κ2) is 8.16. The van der Waals surface area contributed by atoms with Crippen LogP contribution in [0.15, 0.2) is 95.0 Å². The summed E-state index contributed by atoms with van der Waals surface area (Å²) in [5, 5.41) is 22.8. The number of Topliss-reactive ketones (excluding diaryl/α,β-unsaturated/α-hetero) is 1. The molecular weight excluding hydrogens is 428 g/mol. The van der Waals surface area contributed by atoms with Crippen molar-refractivity contribution >= 4 is 34.4 Å². The number of rotatable bonds is 3. The molecule has 2 N–H and O–H groups in total. The molecule has 1 atom stereocenters. The van der Waals surface area contributed by atoms with E-state index in [2.05, 4.69) is 13.8 Å². The second-order valence-electron chi connectivity index (χ2n) is 9.40. The number of anilines is 1. The fraction of sp³-hybridized carbons (Fsp3) is 0.214. The van der Waals surface area contributed by atoms with Crippen LogP contribution in [-0.4, -0.2) is 16.7 Å². The normalized spacial score (nSPS) is 21.8. The van der Waals surface area contributed by atoms with Gasteiger partial charge in [-0.2, -0.15) is 0 Å². The average Bonchev–Trinajstić information content (AvgIpc) is 3.33. The number of ketones is 1. The third-order valence-electron chi connectivity index (χ3n) is 6.37. The summed E-state index contributed by atoms with van der Waals surface area (Å²) in [6.45, 7) is 4.21. The third kappa shape index (κ3) is 3.72. The number of hydrogen-bond donors (Lipinski definition) is 2. The summed E-state index contributed by atoms with van der Waals surface area (Å²) in [6.07, 6.45) is 1.13. The Bertz CT molecular complexity index is 1270. The minimum absolute atomic E-state index is 0.0455. The summed E-state index contributed by atoms with van der Waals surface area (Å²) in [5.41, 5.74) is 3.30. The van der Waals surface area contributed by atoms with Gasteiger partial charge < -0.3 is 5.11 Å². The van der Waals surface area contributed by atoms with Crippen LogP contribution in [0.4, 0.5) is 5.69 Å². The van der Waals surface area contributed by atoms with Gasteiger partial charge in [-0.05, 0) is 35.4 Å². The maximum atomic E-state index is 13.7. The lowest BCUT2D eigenvalue weighted by Crippen LogP contribution is -2.45. The smallest absolute Gasteiger partial charge is 0.162 e. The first-order chi connectivity index (χ1) is 15.9. The molecule has 1 aliphatic carbocycles. The van der Waals surface area contributed by atoms with Gasteiger partial charge in [0.1, 0.15) is 11.6 Å². The zero-order valence-corrected chi connectivity index (χ0v) is 19.5.